The van der Waals surface area contributed by atoms with Crippen LogP contribution in [-0.2, 0) is 22.4 Å². The van der Waals surface area contributed by atoms with Crippen molar-refractivity contribution in [2.24, 2.45) is 11.7 Å². The van der Waals surface area contributed by atoms with Gasteiger partial charge in [0, 0.05) is 10.6 Å². The van der Waals surface area contributed by atoms with Crippen molar-refractivity contribution in [1.29, 1.82) is 5.26 Å². The third-order valence-electron chi connectivity index (χ3n) is 4.09. The summed E-state index contributed by atoms with van der Waals surface area (Å²) >= 11 is 1.48. The molecule has 0 aliphatic heterocycles. The Balaban J connectivity index is 2.48. The van der Waals surface area contributed by atoms with Crippen LogP contribution in [0.1, 0.15) is 54.9 Å². The van der Waals surface area contributed by atoms with E-state index >= 15 is 0 Å². The second-order valence-electron chi connectivity index (χ2n) is 6.61. The van der Waals surface area contributed by atoms with Gasteiger partial charge in [-0.1, -0.05) is 6.92 Å². The molecule has 0 saturated carbocycles. The maximum Gasteiger partial charge on any atom is 0.341 e. The Kier molecular flexibility index (Phi) is 5.85. The highest BCUT2D eigenvalue weighted by molar-refractivity contribution is 7.16. The zero-order valence-corrected chi connectivity index (χ0v) is 15.8. The molecule has 25 heavy (non-hydrogen) atoms. The van der Waals surface area contributed by atoms with Crippen LogP contribution >= 0.6 is 11.3 Å². The smallest absolute Gasteiger partial charge is 0.341 e. The van der Waals surface area contributed by atoms with Gasteiger partial charge in [-0.2, -0.15) is 5.26 Å². The fraction of sp³-hybridized carbons (Fsp3) is 0.500. The van der Waals surface area contributed by atoms with Gasteiger partial charge in [0.1, 0.15) is 16.6 Å². The van der Waals surface area contributed by atoms with Crippen molar-refractivity contribution in [2.75, 3.05) is 5.32 Å². The van der Waals surface area contributed by atoms with Crippen LogP contribution in [-0.4, -0.2) is 18.0 Å². The largest absolute Gasteiger partial charge is 0.459 e. The molecule has 0 spiro atoms. The molecular weight excluding hydrogens is 338 g/mol. The van der Waals surface area contributed by atoms with E-state index in [4.69, 9.17) is 15.7 Å². The van der Waals surface area contributed by atoms with Crippen LogP contribution in [0.4, 0.5) is 5.00 Å². The predicted octanol–water partition coefficient (Wildman–Crippen LogP) is 3.13. The number of primary amides is 1. The lowest BCUT2D eigenvalue weighted by Gasteiger charge is -2.19. The molecule has 6 nitrogen and oxygen atoms in total. The minimum atomic E-state index is -0.797. The minimum absolute atomic E-state index is 0.150. The first kappa shape index (κ1) is 19.0. The number of carbonyl (C=O) groups is 2. The highest BCUT2D eigenvalue weighted by Crippen LogP contribution is 2.40. The monoisotopic (exact) mass is 361 g/mol. The summed E-state index contributed by atoms with van der Waals surface area (Å²) in [6.45, 7) is 7.39. The fourth-order valence-corrected chi connectivity index (χ4v) is 4.34. The fourth-order valence-electron chi connectivity index (χ4n) is 2.88. The van der Waals surface area contributed by atoms with E-state index in [9.17, 15) is 9.59 Å². The van der Waals surface area contributed by atoms with Gasteiger partial charge in [0.15, 0.2) is 0 Å². The van der Waals surface area contributed by atoms with Crippen molar-refractivity contribution in [3.63, 3.8) is 0 Å². The van der Waals surface area contributed by atoms with E-state index in [1.54, 1.807) is 26.8 Å². The van der Waals surface area contributed by atoms with E-state index in [-0.39, 0.29) is 17.6 Å². The van der Waals surface area contributed by atoms with Crippen molar-refractivity contribution >= 4 is 28.2 Å². The van der Waals surface area contributed by atoms with Crippen LogP contribution in [0, 0.1) is 17.2 Å². The number of thiophene rings is 1. The summed E-state index contributed by atoms with van der Waals surface area (Å²) in [6.07, 6.45) is 2.52. The van der Waals surface area contributed by atoms with Crippen LogP contribution < -0.4 is 11.1 Å². The number of carbonyl (C=O) groups excluding carboxylic acids is 2. The highest BCUT2D eigenvalue weighted by Gasteiger charge is 2.29. The zero-order valence-electron chi connectivity index (χ0n) is 14.9. The number of nitrogens with one attached hydrogen (secondary N) is 1. The molecule has 0 bridgehead atoms. The Labute approximate surface area is 151 Å². The molecule has 0 saturated heterocycles. The summed E-state index contributed by atoms with van der Waals surface area (Å²) < 4.78 is 5.40. The maximum absolute atomic E-state index is 12.6. The van der Waals surface area contributed by atoms with E-state index in [1.165, 1.54) is 11.3 Å². The normalized spacial score (nSPS) is 17.4. The molecule has 0 fully saturated rings. The molecule has 134 valence electrons. The molecule has 1 heterocycles. The average molecular weight is 361 g/mol. The molecular formula is C18H23N3O3S. The first-order valence-electron chi connectivity index (χ1n) is 8.27. The molecule has 0 radical (unpaired) electrons. The van der Waals surface area contributed by atoms with Gasteiger partial charge < -0.3 is 15.8 Å². The summed E-state index contributed by atoms with van der Waals surface area (Å²) in [5.41, 5.74) is 6.95. The lowest BCUT2D eigenvalue weighted by atomic mass is 9.88. The summed E-state index contributed by atoms with van der Waals surface area (Å²) in [7, 11) is 0. The van der Waals surface area contributed by atoms with Crippen molar-refractivity contribution < 1.29 is 14.3 Å². The standard InChI is InChI=1S/C18H23N3O3S/c1-9(2)24-18(23)15-12-6-5-10(3)7-14(12)25-17(15)21-11(4)13(8-19)16(20)22/h9-10,21H,5-7H2,1-4H3,(H2,20,22). The molecule has 2 rings (SSSR count). The average Bonchev–Trinajstić information content (AvgIpc) is 2.83. The number of hydrogen-bond acceptors (Lipinski definition) is 6. The van der Waals surface area contributed by atoms with Crippen molar-refractivity contribution in [1.82, 2.24) is 0 Å². The Bertz CT molecular complexity index is 771. The second-order valence-corrected chi connectivity index (χ2v) is 7.72. The molecule has 1 unspecified atom stereocenters. The number of allylic oxidation sites excluding steroid dienone is 1. The van der Waals surface area contributed by atoms with Crippen molar-refractivity contribution in [3.05, 3.63) is 27.3 Å². The summed E-state index contributed by atoms with van der Waals surface area (Å²) in [5.74, 6) is -0.617. The van der Waals surface area contributed by atoms with Crippen LogP contribution in [0.3, 0.4) is 0 Å². The van der Waals surface area contributed by atoms with E-state index < -0.39 is 5.91 Å². The summed E-state index contributed by atoms with van der Waals surface area (Å²) in [6, 6.07) is 1.80. The zero-order chi connectivity index (χ0) is 18.7. The third kappa shape index (κ3) is 4.20. The maximum atomic E-state index is 12.6. The van der Waals surface area contributed by atoms with Gasteiger partial charge in [0.2, 0.25) is 0 Å². The number of rotatable bonds is 5. The van der Waals surface area contributed by atoms with E-state index in [0.29, 0.717) is 22.2 Å². The van der Waals surface area contributed by atoms with Gasteiger partial charge >= 0.3 is 5.97 Å². The second kappa shape index (κ2) is 7.70. The molecule has 7 heteroatoms. The SMILES string of the molecule is CC(Nc1sc2c(c1C(=O)OC(C)C)CCC(C)C2)=C(C#N)C(N)=O. The first-order chi connectivity index (χ1) is 11.7. The lowest BCUT2D eigenvalue weighted by Crippen LogP contribution is -2.18. The Morgan fingerprint density at radius 2 is 2.12 bits per heavy atom. The van der Waals surface area contributed by atoms with E-state index in [0.717, 1.165) is 29.7 Å². The van der Waals surface area contributed by atoms with Crippen molar-refractivity contribution in [2.45, 2.75) is 53.1 Å². The van der Waals surface area contributed by atoms with Gasteiger partial charge in [-0.3, -0.25) is 4.79 Å². The molecule has 3 N–H and O–H groups in total. The number of nitriles is 1. The van der Waals surface area contributed by atoms with E-state index in [2.05, 4.69) is 12.2 Å². The molecule has 1 aliphatic rings. The van der Waals surface area contributed by atoms with E-state index in [1.807, 2.05) is 0 Å². The molecule has 1 atom stereocenters. The third-order valence-corrected chi connectivity index (χ3v) is 5.26. The van der Waals surface area contributed by atoms with Gasteiger partial charge in [0.25, 0.3) is 5.91 Å². The summed E-state index contributed by atoms with van der Waals surface area (Å²) in [5, 5.41) is 12.8. The summed E-state index contributed by atoms with van der Waals surface area (Å²) in [4.78, 5) is 25.1. The first-order valence-corrected chi connectivity index (χ1v) is 9.09. The van der Waals surface area contributed by atoms with Gasteiger partial charge in [-0.25, -0.2) is 4.79 Å². The highest BCUT2D eigenvalue weighted by atomic mass is 32.1. The number of fused-ring (bicyclic) bond motifs is 1. The number of nitrogens with zero attached hydrogens (tertiary/aromatic N) is 1. The molecule has 1 aromatic rings. The van der Waals surface area contributed by atoms with Crippen LogP contribution in [0.5, 0.6) is 0 Å². The number of amides is 1. The number of ether oxygens (including phenoxy) is 1. The Hall–Kier alpha value is -2.33. The molecule has 1 aliphatic carbocycles. The lowest BCUT2D eigenvalue weighted by molar-refractivity contribution is -0.114. The Morgan fingerprint density at radius 1 is 1.44 bits per heavy atom. The molecule has 1 aromatic heterocycles. The predicted molar refractivity (Wildman–Crippen MR) is 97.2 cm³/mol. The molecule has 1 amide bonds. The minimum Gasteiger partial charge on any atom is -0.459 e. The van der Waals surface area contributed by atoms with Crippen LogP contribution in [0.2, 0.25) is 0 Å². The van der Waals surface area contributed by atoms with Crippen LogP contribution in [0.15, 0.2) is 11.3 Å². The van der Waals surface area contributed by atoms with Crippen LogP contribution in [0.25, 0.3) is 0 Å². The molecule has 0 aromatic carbocycles. The quantitative estimate of drug-likeness (QED) is 0.476. The number of anilines is 1. The number of nitrogens with two attached hydrogens (primary N) is 1. The van der Waals surface area contributed by atoms with Gasteiger partial charge in [-0.15, -0.1) is 11.3 Å². The van der Waals surface area contributed by atoms with Gasteiger partial charge in [0.05, 0.1) is 11.7 Å². The Morgan fingerprint density at radius 3 is 2.68 bits per heavy atom. The van der Waals surface area contributed by atoms with Gasteiger partial charge in [-0.05, 0) is 51.5 Å². The topological polar surface area (TPSA) is 105 Å². The number of esters is 1. The van der Waals surface area contributed by atoms with Crippen molar-refractivity contribution in [3.8, 4) is 6.07 Å². The number of hydrogen-bond donors (Lipinski definition) is 2.